The van der Waals surface area contributed by atoms with E-state index in [0.29, 0.717) is 0 Å². The quantitative estimate of drug-likeness (QED) is 0.268. The number of aliphatic carboxylic acids is 1. The number of carboxylic acids is 1. The molecule has 0 bridgehead atoms. The summed E-state index contributed by atoms with van der Waals surface area (Å²) < 4.78 is 4.86. The molecule has 0 aromatic heterocycles. The Bertz CT molecular complexity index is 403. The van der Waals surface area contributed by atoms with Crippen LogP contribution in [0.1, 0.15) is 13.3 Å². The van der Waals surface area contributed by atoms with Gasteiger partial charge < -0.3 is 40.7 Å². The first-order valence-corrected chi connectivity index (χ1v) is 6.18. The highest BCUT2D eigenvalue weighted by Gasteiger charge is 2.53. The van der Waals surface area contributed by atoms with Crippen molar-refractivity contribution >= 4 is 11.9 Å². The van der Waals surface area contributed by atoms with E-state index in [2.05, 4.69) is 5.32 Å². The van der Waals surface area contributed by atoms with Gasteiger partial charge in [-0.3, -0.25) is 4.79 Å². The normalized spacial score (nSPS) is 35.8. The minimum absolute atomic E-state index is 0.598. The van der Waals surface area contributed by atoms with E-state index in [4.69, 9.17) is 14.9 Å². The molecule has 6 atom stereocenters. The summed E-state index contributed by atoms with van der Waals surface area (Å²) >= 11 is 0. The molecular formula is C11H19NO9. The van der Waals surface area contributed by atoms with Gasteiger partial charge in [0.15, 0.2) is 0 Å². The van der Waals surface area contributed by atoms with Gasteiger partial charge in [-0.05, 0) is 0 Å². The first-order valence-electron chi connectivity index (χ1n) is 6.18. The van der Waals surface area contributed by atoms with E-state index in [9.17, 15) is 30.0 Å². The molecule has 4 unspecified atom stereocenters. The Morgan fingerprint density at radius 3 is 2.43 bits per heavy atom. The summed E-state index contributed by atoms with van der Waals surface area (Å²) in [6.45, 7) is 0.256. The maximum atomic E-state index is 11.1. The highest BCUT2D eigenvalue weighted by molar-refractivity contribution is 5.76. The molecule has 1 heterocycles. The second-order valence-electron chi connectivity index (χ2n) is 4.91. The fourth-order valence-corrected chi connectivity index (χ4v) is 2.14. The molecule has 1 saturated heterocycles. The summed E-state index contributed by atoms with van der Waals surface area (Å²) in [5.74, 6) is -5.17. The fourth-order valence-electron chi connectivity index (χ4n) is 2.14. The molecule has 1 fully saturated rings. The number of carboxylic acid groups (broad SMARTS) is 1. The standard InChI is InChI=1S/C11H19NO9/c1-4(14)12-7-5(15)2-11(20,10(18)19)21-9(7)8(17)6(16)3-13/h5-9,13,15-17,20H,2-3H2,1H3,(H,12,14)(H,18,19)/t5-,6?,7?,8?,9?,11-/m1/s1. The first kappa shape index (κ1) is 17.8. The fraction of sp³-hybridized carbons (Fsp3) is 0.818. The van der Waals surface area contributed by atoms with Gasteiger partial charge in [-0.2, -0.15) is 0 Å². The van der Waals surface area contributed by atoms with Gasteiger partial charge in [0.05, 0.1) is 18.8 Å². The van der Waals surface area contributed by atoms with E-state index in [0.717, 1.165) is 6.92 Å². The lowest BCUT2D eigenvalue weighted by Gasteiger charge is -2.44. The van der Waals surface area contributed by atoms with Crippen LogP contribution in [0.25, 0.3) is 0 Å². The summed E-state index contributed by atoms with van der Waals surface area (Å²) in [7, 11) is 0. The van der Waals surface area contributed by atoms with Crippen LogP contribution in [0.15, 0.2) is 0 Å². The van der Waals surface area contributed by atoms with Gasteiger partial charge in [0.1, 0.15) is 18.3 Å². The van der Waals surface area contributed by atoms with Gasteiger partial charge in [-0.15, -0.1) is 0 Å². The van der Waals surface area contributed by atoms with Crippen LogP contribution in [-0.2, 0) is 14.3 Å². The van der Waals surface area contributed by atoms with Crippen molar-refractivity contribution in [3.63, 3.8) is 0 Å². The lowest BCUT2D eigenvalue weighted by atomic mass is 9.88. The van der Waals surface area contributed by atoms with Gasteiger partial charge in [-0.25, -0.2) is 4.79 Å². The van der Waals surface area contributed by atoms with E-state index in [1.165, 1.54) is 0 Å². The maximum absolute atomic E-state index is 11.1. The van der Waals surface area contributed by atoms with Crippen molar-refractivity contribution < 1.29 is 45.0 Å². The Morgan fingerprint density at radius 2 is 2.00 bits per heavy atom. The average Bonchev–Trinajstić information content (AvgIpc) is 2.39. The molecule has 7 N–H and O–H groups in total. The molecule has 0 aliphatic carbocycles. The third-order valence-corrected chi connectivity index (χ3v) is 3.21. The highest BCUT2D eigenvalue weighted by atomic mass is 16.7. The number of amides is 1. The van der Waals surface area contributed by atoms with Crippen LogP contribution in [0.2, 0.25) is 0 Å². The van der Waals surface area contributed by atoms with Crippen molar-refractivity contribution in [1.29, 1.82) is 0 Å². The summed E-state index contributed by atoms with van der Waals surface area (Å²) in [5.41, 5.74) is 0. The van der Waals surface area contributed by atoms with Crippen LogP contribution in [-0.4, -0.2) is 85.4 Å². The van der Waals surface area contributed by atoms with Crippen LogP contribution in [0.5, 0.6) is 0 Å². The molecule has 0 spiro atoms. The number of ether oxygens (including phenoxy) is 1. The number of hydrogen-bond donors (Lipinski definition) is 7. The molecule has 0 saturated carbocycles. The molecule has 10 heteroatoms. The van der Waals surface area contributed by atoms with Crippen molar-refractivity contribution in [2.24, 2.45) is 0 Å². The molecule has 1 aliphatic heterocycles. The molecule has 122 valence electrons. The van der Waals surface area contributed by atoms with Gasteiger partial charge in [0, 0.05) is 13.3 Å². The third kappa shape index (κ3) is 3.87. The van der Waals surface area contributed by atoms with Crippen LogP contribution in [0.3, 0.4) is 0 Å². The van der Waals surface area contributed by atoms with Crippen LogP contribution < -0.4 is 5.32 Å². The largest absolute Gasteiger partial charge is 0.477 e. The number of nitrogens with one attached hydrogen (secondary N) is 1. The van der Waals surface area contributed by atoms with E-state index in [-0.39, 0.29) is 0 Å². The molecule has 10 nitrogen and oxygen atoms in total. The van der Waals surface area contributed by atoms with Crippen molar-refractivity contribution in [1.82, 2.24) is 5.32 Å². The summed E-state index contributed by atoms with van der Waals surface area (Å²) in [6, 6.07) is -1.27. The predicted molar refractivity (Wildman–Crippen MR) is 64.8 cm³/mol. The lowest BCUT2D eigenvalue weighted by Crippen LogP contribution is -2.67. The molecule has 1 aliphatic rings. The topological polar surface area (TPSA) is 177 Å². The van der Waals surface area contributed by atoms with E-state index < -0.39 is 61.1 Å². The van der Waals surface area contributed by atoms with Gasteiger partial charge in [-0.1, -0.05) is 0 Å². The smallest absolute Gasteiger partial charge is 0.364 e. The number of carbonyl (C=O) groups is 2. The Balaban J connectivity index is 3.07. The molecule has 21 heavy (non-hydrogen) atoms. The molecule has 0 aromatic carbocycles. The van der Waals surface area contributed by atoms with E-state index in [1.807, 2.05) is 0 Å². The second kappa shape index (κ2) is 6.64. The molecular weight excluding hydrogens is 290 g/mol. The third-order valence-electron chi connectivity index (χ3n) is 3.21. The zero-order valence-electron chi connectivity index (χ0n) is 11.2. The van der Waals surface area contributed by atoms with Crippen molar-refractivity contribution in [2.75, 3.05) is 6.61 Å². The zero-order chi connectivity index (χ0) is 16.4. The number of aliphatic hydroxyl groups is 5. The summed E-state index contributed by atoms with van der Waals surface area (Å²) in [6.07, 6.45) is -7.48. The highest BCUT2D eigenvalue weighted by Crippen LogP contribution is 2.30. The van der Waals surface area contributed by atoms with E-state index in [1.54, 1.807) is 0 Å². The predicted octanol–water partition coefficient (Wildman–Crippen LogP) is -3.87. The van der Waals surface area contributed by atoms with Crippen LogP contribution in [0, 0.1) is 0 Å². The second-order valence-corrected chi connectivity index (χ2v) is 4.91. The maximum Gasteiger partial charge on any atom is 0.364 e. The Kier molecular flexibility index (Phi) is 5.61. The molecule has 1 rings (SSSR count). The summed E-state index contributed by atoms with van der Waals surface area (Å²) in [5, 5.41) is 59.0. The van der Waals surface area contributed by atoms with Crippen molar-refractivity contribution in [3.8, 4) is 0 Å². The average molecular weight is 309 g/mol. The number of aliphatic hydroxyl groups excluding tert-OH is 4. The first-order chi connectivity index (χ1) is 9.62. The zero-order valence-corrected chi connectivity index (χ0v) is 11.2. The minimum atomic E-state index is -2.78. The molecule has 0 radical (unpaired) electrons. The molecule has 0 aromatic rings. The Labute approximate surface area is 119 Å². The monoisotopic (exact) mass is 309 g/mol. The lowest BCUT2D eigenvalue weighted by molar-refractivity contribution is -0.295. The Morgan fingerprint density at radius 1 is 1.43 bits per heavy atom. The van der Waals surface area contributed by atoms with Gasteiger partial charge in [0.25, 0.3) is 5.79 Å². The van der Waals surface area contributed by atoms with Crippen LogP contribution in [0.4, 0.5) is 0 Å². The van der Waals surface area contributed by atoms with Crippen LogP contribution >= 0.6 is 0 Å². The van der Waals surface area contributed by atoms with Crippen molar-refractivity contribution in [2.45, 2.75) is 49.6 Å². The van der Waals surface area contributed by atoms with E-state index >= 15 is 0 Å². The number of hydrogen-bond acceptors (Lipinski definition) is 8. The van der Waals surface area contributed by atoms with Crippen molar-refractivity contribution in [3.05, 3.63) is 0 Å². The molecule has 1 amide bonds. The van der Waals surface area contributed by atoms with Gasteiger partial charge >= 0.3 is 5.97 Å². The number of rotatable bonds is 5. The summed E-state index contributed by atoms with van der Waals surface area (Å²) in [4.78, 5) is 22.1. The van der Waals surface area contributed by atoms with Gasteiger partial charge in [0.2, 0.25) is 5.91 Å². The Hall–Kier alpha value is -1.30. The minimum Gasteiger partial charge on any atom is -0.477 e. The SMILES string of the molecule is CC(=O)NC1C(C(O)C(O)CO)O[C@@](O)(C(=O)O)C[C@H]1O. The number of carbonyl (C=O) groups excluding carboxylic acids is 1.